The summed E-state index contributed by atoms with van der Waals surface area (Å²) in [6.07, 6.45) is -1.47. The van der Waals surface area contributed by atoms with Crippen LogP contribution < -0.4 is 5.73 Å². The molecule has 0 aliphatic heterocycles. The molecular weight excluding hydrogens is 124 g/mol. The number of nitrogens with two attached hydrogens (primary N) is 1. The Morgan fingerprint density at radius 2 is 1.89 bits per heavy atom. The number of allylic oxidation sites excluding steroid dienone is 1. The van der Waals surface area contributed by atoms with Crippen LogP contribution in [0.2, 0.25) is 0 Å². The van der Waals surface area contributed by atoms with Crippen LogP contribution in [0.25, 0.3) is 0 Å². The summed E-state index contributed by atoms with van der Waals surface area (Å²) in [5.41, 5.74) is 4.66. The minimum absolute atomic E-state index is 0.200. The van der Waals surface area contributed by atoms with Crippen LogP contribution in [0.5, 0.6) is 0 Å². The second-order valence-electron chi connectivity index (χ2n) is 2.38. The number of hydrogen-bond donors (Lipinski definition) is 1. The lowest BCUT2D eigenvalue weighted by molar-refractivity contribution is 0.401. The smallest absolute Gasteiger partial charge is 0.288 e. The Balaban J connectivity index is 3.77. The molecular formula is C6H11F2N. The van der Waals surface area contributed by atoms with Crippen molar-refractivity contribution in [2.45, 2.75) is 20.3 Å². The Kier molecular flexibility index (Phi) is 3.20. The van der Waals surface area contributed by atoms with Crippen LogP contribution >= 0.6 is 0 Å². The van der Waals surface area contributed by atoms with Crippen molar-refractivity contribution in [3.63, 3.8) is 0 Å². The van der Waals surface area contributed by atoms with Crippen LogP contribution in [0.3, 0.4) is 0 Å². The lowest BCUT2D eigenvalue weighted by Crippen LogP contribution is -2.02. The predicted octanol–water partition coefficient (Wildman–Crippen LogP) is 2.10. The second-order valence-corrected chi connectivity index (χ2v) is 2.38. The summed E-state index contributed by atoms with van der Waals surface area (Å²) in [5.74, 6) is 0.200. The van der Waals surface area contributed by atoms with Crippen molar-refractivity contribution in [3.05, 3.63) is 11.8 Å². The molecule has 0 aromatic rings. The first-order valence-electron chi connectivity index (χ1n) is 2.83. The van der Waals surface area contributed by atoms with E-state index in [1.807, 2.05) is 13.8 Å². The fourth-order valence-corrected chi connectivity index (χ4v) is 0.517. The van der Waals surface area contributed by atoms with Gasteiger partial charge in [-0.3, -0.25) is 0 Å². The molecule has 0 atom stereocenters. The van der Waals surface area contributed by atoms with Crippen molar-refractivity contribution in [1.82, 2.24) is 0 Å². The third-order valence-electron chi connectivity index (χ3n) is 0.871. The van der Waals surface area contributed by atoms with Gasteiger partial charge in [-0.2, -0.15) is 8.78 Å². The van der Waals surface area contributed by atoms with E-state index in [2.05, 4.69) is 0 Å². The Morgan fingerprint density at radius 3 is 2.00 bits per heavy atom. The molecule has 9 heavy (non-hydrogen) atoms. The summed E-state index contributed by atoms with van der Waals surface area (Å²) in [4.78, 5) is 0. The van der Waals surface area contributed by atoms with E-state index in [1.54, 1.807) is 0 Å². The fraction of sp³-hybridized carbons (Fsp3) is 0.667. The van der Waals surface area contributed by atoms with Crippen molar-refractivity contribution in [3.8, 4) is 0 Å². The van der Waals surface area contributed by atoms with Gasteiger partial charge in [0.1, 0.15) is 0 Å². The highest BCUT2D eigenvalue weighted by Crippen LogP contribution is 2.11. The predicted molar refractivity (Wildman–Crippen MR) is 32.9 cm³/mol. The molecule has 0 bridgehead atoms. The van der Waals surface area contributed by atoms with E-state index in [1.165, 1.54) is 0 Å². The van der Waals surface area contributed by atoms with E-state index >= 15 is 0 Å². The van der Waals surface area contributed by atoms with E-state index in [0.717, 1.165) is 0 Å². The number of hydrogen-bond acceptors (Lipinski definition) is 1. The topological polar surface area (TPSA) is 26.0 Å². The van der Waals surface area contributed by atoms with Gasteiger partial charge in [0.15, 0.2) is 0 Å². The van der Waals surface area contributed by atoms with Gasteiger partial charge >= 0.3 is 0 Å². The molecule has 54 valence electrons. The number of rotatable bonds is 2. The van der Waals surface area contributed by atoms with Gasteiger partial charge in [-0.15, -0.1) is 0 Å². The summed E-state index contributed by atoms with van der Waals surface area (Å²) >= 11 is 0. The van der Waals surface area contributed by atoms with E-state index in [4.69, 9.17) is 5.73 Å². The van der Waals surface area contributed by atoms with E-state index in [9.17, 15) is 8.78 Å². The fourth-order valence-electron chi connectivity index (χ4n) is 0.517. The van der Waals surface area contributed by atoms with Gasteiger partial charge in [-0.1, -0.05) is 13.8 Å². The SMILES string of the molecule is CC(C)CC(N)=C(F)F. The molecule has 0 aliphatic rings. The molecule has 0 amide bonds. The normalized spacial score (nSPS) is 9.89. The van der Waals surface area contributed by atoms with E-state index in [0.29, 0.717) is 0 Å². The quantitative estimate of drug-likeness (QED) is 0.616. The summed E-state index contributed by atoms with van der Waals surface area (Å²) in [7, 11) is 0. The largest absolute Gasteiger partial charge is 0.398 e. The third-order valence-corrected chi connectivity index (χ3v) is 0.871. The second kappa shape index (κ2) is 3.43. The maximum atomic E-state index is 11.5. The van der Waals surface area contributed by atoms with Crippen LogP contribution in [0.4, 0.5) is 8.78 Å². The van der Waals surface area contributed by atoms with Gasteiger partial charge in [0.25, 0.3) is 6.08 Å². The monoisotopic (exact) mass is 135 g/mol. The Bertz CT molecular complexity index is 114. The minimum Gasteiger partial charge on any atom is -0.398 e. The maximum absolute atomic E-state index is 11.5. The molecule has 0 saturated carbocycles. The average molecular weight is 135 g/mol. The van der Waals surface area contributed by atoms with Gasteiger partial charge in [-0.05, 0) is 12.3 Å². The Hall–Kier alpha value is -0.600. The highest BCUT2D eigenvalue weighted by molar-refractivity contribution is 4.96. The van der Waals surface area contributed by atoms with Crippen molar-refractivity contribution in [2.75, 3.05) is 0 Å². The zero-order chi connectivity index (χ0) is 7.44. The van der Waals surface area contributed by atoms with Gasteiger partial charge in [0.05, 0.1) is 5.70 Å². The van der Waals surface area contributed by atoms with Crippen molar-refractivity contribution < 1.29 is 8.78 Å². The Morgan fingerprint density at radius 1 is 1.44 bits per heavy atom. The van der Waals surface area contributed by atoms with Gasteiger partial charge in [-0.25, -0.2) is 0 Å². The van der Waals surface area contributed by atoms with Crippen LogP contribution in [0.15, 0.2) is 11.8 Å². The lowest BCUT2D eigenvalue weighted by Gasteiger charge is -2.01. The minimum atomic E-state index is -1.75. The molecule has 1 nitrogen and oxygen atoms in total. The standard InChI is InChI=1S/C6H11F2N/c1-4(2)3-5(9)6(7)8/h4H,3,9H2,1-2H3. The van der Waals surface area contributed by atoms with E-state index < -0.39 is 6.08 Å². The molecule has 0 radical (unpaired) electrons. The molecule has 2 N–H and O–H groups in total. The molecule has 0 unspecified atom stereocenters. The van der Waals surface area contributed by atoms with Crippen molar-refractivity contribution >= 4 is 0 Å². The lowest BCUT2D eigenvalue weighted by atomic mass is 10.1. The van der Waals surface area contributed by atoms with Crippen molar-refractivity contribution in [1.29, 1.82) is 0 Å². The summed E-state index contributed by atoms with van der Waals surface area (Å²) < 4.78 is 23.1. The first-order chi connectivity index (χ1) is 4.04. The van der Waals surface area contributed by atoms with Crippen molar-refractivity contribution in [2.24, 2.45) is 11.7 Å². The van der Waals surface area contributed by atoms with Crippen LogP contribution in [-0.2, 0) is 0 Å². The molecule has 0 aliphatic carbocycles. The zero-order valence-electron chi connectivity index (χ0n) is 5.62. The van der Waals surface area contributed by atoms with Gasteiger partial charge in [0.2, 0.25) is 0 Å². The molecule has 0 rings (SSSR count). The van der Waals surface area contributed by atoms with Gasteiger partial charge in [0, 0.05) is 0 Å². The van der Waals surface area contributed by atoms with Gasteiger partial charge < -0.3 is 5.73 Å². The van der Waals surface area contributed by atoms with Crippen LogP contribution in [-0.4, -0.2) is 0 Å². The molecule has 0 fully saturated rings. The molecule has 0 saturated heterocycles. The molecule has 3 heteroatoms. The molecule has 0 heterocycles. The molecule has 0 spiro atoms. The first-order valence-corrected chi connectivity index (χ1v) is 2.83. The van der Waals surface area contributed by atoms with Crippen LogP contribution in [0.1, 0.15) is 20.3 Å². The first kappa shape index (κ1) is 8.40. The summed E-state index contributed by atoms with van der Waals surface area (Å²) in [5, 5.41) is 0. The van der Waals surface area contributed by atoms with E-state index in [-0.39, 0.29) is 18.0 Å². The average Bonchev–Trinajstić information content (AvgIpc) is 1.63. The maximum Gasteiger partial charge on any atom is 0.288 e. The molecule has 0 aromatic heterocycles. The Labute approximate surface area is 53.5 Å². The highest BCUT2D eigenvalue weighted by Gasteiger charge is 2.02. The molecule has 0 aromatic carbocycles. The van der Waals surface area contributed by atoms with Crippen LogP contribution in [0, 0.1) is 5.92 Å². The summed E-state index contributed by atoms with van der Waals surface area (Å²) in [6.45, 7) is 3.69. The summed E-state index contributed by atoms with van der Waals surface area (Å²) in [6, 6.07) is 0. The number of halogens is 2. The third kappa shape index (κ3) is 3.94. The zero-order valence-corrected chi connectivity index (χ0v) is 5.62. The highest BCUT2D eigenvalue weighted by atomic mass is 19.3.